The van der Waals surface area contributed by atoms with E-state index in [1.807, 2.05) is 0 Å². The second-order valence-corrected chi connectivity index (χ2v) is 7.06. The molecule has 5 nitrogen and oxygen atoms in total. The topological polar surface area (TPSA) is 77.8 Å². The SMILES string of the molecule is O=S(=O)(Nc1ccc(C(F)(F)F)cc1)c1ccc2[nH]c(=S)[nH]c2c1. The zero-order valence-corrected chi connectivity index (χ0v) is 13.4. The van der Waals surface area contributed by atoms with E-state index in [4.69, 9.17) is 12.2 Å². The zero-order valence-electron chi connectivity index (χ0n) is 11.8. The Labute approximate surface area is 139 Å². The van der Waals surface area contributed by atoms with Gasteiger partial charge in [-0.05, 0) is 54.7 Å². The largest absolute Gasteiger partial charge is 0.416 e. The number of nitrogens with one attached hydrogen (secondary N) is 3. The first-order valence-corrected chi connectivity index (χ1v) is 8.46. The third-order valence-corrected chi connectivity index (χ3v) is 4.85. The van der Waals surface area contributed by atoms with Crippen LogP contribution >= 0.6 is 12.2 Å². The molecule has 1 heterocycles. The van der Waals surface area contributed by atoms with Gasteiger partial charge < -0.3 is 9.97 Å². The first-order chi connectivity index (χ1) is 11.1. The number of anilines is 1. The summed E-state index contributed by atoms with van der Waals surface area (Å²) in [5.41, 5.74) is 0.334. The van der Waals surface area contributed by atoms with Gasteiger partial charge in [0.05, 0.1) is 21.5 Å². The van der Waals surface area contributed by atoms with Crippen molar-refractivity contribution in [2.75, 3.05) is 4.72 Å². The molecule has 10 heteroatoms. The quantitative estimate of drug-likeness (QED) is 0.606. The maximum Gasteiger partial charge on any atom is 0.416 e. The summed E-state index contributed by atoms with van der Waals surface area (Å²) in [5.74, 6) is 0. The maximum atomic E-state index is 12.5. The molecular formula is C14H10F3N3O2S2. The minimum atomic E-state index is -4.48. The minimum Gasteiger partial charge on any atom is -0.331 e. The van der Waals surface area contributed by atoms with Gasteiger partial charge in [-0.1, -0.05) is 0 Å². The van der Waals surface area contributed by atoms with E-state index in [0.717, 1.165) is 24.3 Å². The molecule has 0 aliphatic rings. The van der Waals surface area contributed by atoms with E-state index in [1.54, 1.807) is 6.07 Å². The number of sulfonamides is 1. The second kappa shape index (κ2) is 5.64. The Morgan fingerprint density at radius 1 is 0.958 bits per heavy atom. The summed E-state index contributed by atoms with van der Waals surface area (Å²) < 4.78 is 64.9. The van der Waals surface area contributed by atoms with E-state index in [-0.39, 0.29) is 10.6 Å². The van der Waals surface area contributed by atoms with Crippen LogP contribution in [0.25, 0.3) is 11.0 Å². The van der Waals surface area contributed by atoms with Crippen LogP contribution in [0.4, 0.5) is 18.9 Å². The van der Waals surface area contributed by atoms with Crippen molar-refractivity contribution >= 4 is 39.0 Å². The molecule has 0 bridgehead atoms. The number of halogens is 3. The standard InChI is InChI=1S/C14H10F3N3O2S2/c15-14(16,17)8-1-3-9(4-2-8)20-24(21,22)10-5-6-11-12(7-10)19-13(23)18-11/h1-7,20H,(H2,18,19,23). The third-order valence-electron chi connectivity index (χ3n) is 3.26. The molecule has 0 fully saturated rings. The van der Waals surface area contributed by atoms with Gasteiger partial charge in [-0.15, -0.1) is 0 Å². The van der Waals surface area contributed by atoms with Gasteiger partial charge in [0.15, 0.2) is 4.77 Å². The highest BCUT2D eigenvalue weighted by molar-refractivity contribution is 7.92. The van der Waals surface area contributed by atoms with Gasteiger partial charge in [0.2, 0.25) is 0 Å². The molecule has 0 spiro atoms. The van der Waals surface area contributed by atoms with Crippen molar-refractivity contribution in [3.8, 4) is 0 Å². The molecule has 0 saturated carbocycles. The number of aromatic amines is 2. The number of H-pyrrole nitrogens is 2. The predicted octanol–water partition coefficient (Wildman–Crippen LogP) is 4.05. The summed E-state index contributed by atoms with van der Waals surface area (Å²) in [5, 5.41) is 0. The Bertz CT molecular complexity index is 1050. The van der Waals surface area contributed by atoms with Crippen molar-refractivity contribution < 1.29 is 21.6 Å². The number of hydrogen-bond acceptors (Lipinski definition) is 3. The van der Waals surface area contributed by atoms with Gasteiger partial charge >= 0.3 is 6.18 Å². The lowest BCUT2D eigenvalue weighted by molar-refractivity contribution is -0.137. The van der Waals surface area contributed by atoms with Gasteiger partial charge in [-0.3, -0.25) is 4.72 Å². The Morgan fingerprint density at radius 3 is 2.21 bits per heavy atom. The predicted molar refractivity (Wildman–Crippen MR) is 85.7 cm³/mol. The van der Waals surface area contributed by atoms with Crippen molar-refractivity contribution in [2.45, 2.75) is 11.1 Å². The summed E-state index contributed by atoms with van der Waals surface area (Å²) in [6.07, 6.45) is -4.48. The number of fused-ring (bicyclic) bond motifs is 1. The number of hydrogen-bond donors (Lipinski definition) is 3. The monoisotopic (exact) mass is 373 g/mol. The van der Waals surface area contributed by atoms with Crippen molar-refractivity contribution in [1.29, 1.82) is 0 Å². The summed E-state index contributed by atoms with van der Waals surface area (Å²) >= 11 is 4.93. The molecule has 24 heavy (non-hydrogen) atoms. The fourth-order valence-corrected chi connectivity index (χ4v) is 3.42. The van der Waals surface area contributed by atoms with Crippen LogP contribution in [0.5, 0.6) is 0 Å². The molecule has 0 atom stereocenters. The van der Waals surface area contributed by atoms with Crippen LogP contribution in [0, 0.1) is 4.77 Å². The molecule has 3 rings (SSSR count). The van der Waals surface area contributed by atoms with E-state index < -0.39 is 21.8 Å². The molecule has 0 aliphatic carbocycles. The highest BCUT2D eigenvalue weighted by atomic mass is 32.2. The number of benzene rings is 2. The second-order valence-electron chi connectivity index (χ2n) is 4.97. The first-order valence-electron chi connectivity index (χ1n) is 6.57. The van der Waals surface area contributed by atoms with E-state index in [0.29, 0.717) is 15.8 Å². The van der Waals surface area contributed by atoms with Crippen LogP contribution in [0.1, 0.15) is 5.56 Å². The highest BCUT2D eigenvalue weighted by Crippen LogP contribution is 2.30. The Kier molecular flexibility index (Phi) is 3.88. The fourth-order valence-electron chi connectivity index (χ4n) is 2.12. The van der Waals surface area contributed by atoms with Gasteiger partial charge in [0, 0.05) is 5.69 Å². The summed E-state index contributed by atoms with van der Waals surface area (Å²) in [7, 11) is -3.94. The van der Waals surface area contributed by atoms with Gasteiger partial charge in [0.1, 0.15) is 0 Å². The minimum absolute atomic E-state index is 0.0325. The zero-order chi connectivity index (χ0) is 17.5. The molecule has 1 aromatic heterocycles. The molecule has 0 saturated heterocycles. The Balaban J connectivity index is 1.90. The lowest BCUT2D eigenvalue weighted by atomic mass is 10.2. The van der Waals surface area contributed by atoms with Gasteiger partial charge in [0.25, 0.3) is 10.0 Å². The molecule has 3 aromatic rings. The van der Waals surface area contributed by atoms with Crippen LogP contribution in [-0.4, -0.2) is 18.4 Å². The summed E-state index contributed by atoms with van der Waals surface area (Å²) in [4.78, 5) is 5.60. The Hall–Kier alpha value is -2.33. The van der Waals surface area contributed by atoms with Crippen molar-refractivity contribution in [3.05, 3.63) is 52.8 Å². The smallest absolute Gasteiger partial charge is 0.331 e. The molecule has 3 N–H and O–H groups in total. The lowest BCUT2D eigenvalue weighted by Crippen LogP contribution is -2.13. The fraction of sp³-hybridized carbons (Fsp3) is 0.0714. The van der Waals surface area contributed by atoms with Crippen LogP contribution < -0.4 is 4.72 Å². The van der Waals surface area contributed by atoms with Crippen molar-refractivity contribution in [2.24, 2.45) is 0 Å². The average molecular weight is 373 g/mol. The van der Waals surface area contributed by atoms with E-state index >= 15 is 0 Å². The molecule has 0 amide bonds. The van der Waals surface area contributed by atoms with Crippen molar-refractivity contribution in [3.63, 3.8) is 0 Å². The van der Waals surface area contributed by atoms with Gasteiger partial charge in [-0.25, -0.2) is 8.42 Å². The molecule has 126 valence electrons. The normalized spacial score (nSPS) is 12.5. The van der Waals surface area contributed by atoms with Gasteiger partial charge in [-0.2, -0.15) is 13.2 Å². The van der Waals surface area contributed by atoms with Crippen molar-refractivity contribution in [1.82, 2.24) is 9.97 Å². The molecular weight excluding hydrogens is 363 g/mol. The number of rotatable bonds is 3. The summed E-state index contributed by atoms with van der Waals surface area (Å²) in [6.45, 7) is 0. The number of alkyl halides is 3. The molecule has 0 aliphatic heterocycles. The van der Waals surface area contributed by atoms with E-state index in [1.165, 1.54) is 12.1 Å². The molecule has 0 radical (unpaired) electrons. The molecule has 0 unspecified atom stereocenters. The van der Waals surface area contributed by atoms with Crippen LogP contribution in [0.3, 0.4) is 0 Å². The summed E-state index contributed by atoms with van der Waals surface area (Å²) in [6, 6.07) is 8.03. The van der Waals surface area contributed by atoms with E-state index in [2.05, 4.69) is 14.7 Å². The lowest BCUT2D eigenvalue weighted by Gasteiger charge is -2.10. The molecule has 2 aromatic carbocycles. The number of aromatic nitrogens is 2. The highest BCUT2D eigenvalue weighted by Gasteiger charge is 2.30. The average Bonchev–Trinajstić information content (AvgIpc) is 2.85. The Morgan fingerprint density at radius 2 is 1.58 bits per heavy atom. The van der Waals surface area contributed by atoms with Crippen LogP contribution in [-0.2, 0) is 16.2 Å². The van der Waals surface area contributed by atoms with Crippen LogP contribution in [0.15, 0.2) is 47.4 Å². The third kappa shape index (κ3) is 3.29. The van der Waals surface area contributed by atoms with E-state index in [9.17, 15) is 21.6 Å². The first kappa shape index (κ1) is 16.5. The maximum absolute atomic E-state index is 12.5. The van der Waals surface area contributed by atoms with Crippen LogP contribution in [0.2, 0.25) is 0 Å². The number of imidazole rings is 1.